The molecule has 1 aliphatic carbocycles. The van der Waals surface area contributed by atoms with Gasteiger partial charge in [0.15, 0.2) is 0 Å². The molecule has 1 fully saturated rings. The van der Waals surface area contributed by atoms with E-state index in [1.54, 1.807) is 12.1 Å². The van der Waals surface area contributed by atoms with Crippen LogP contribution in [0.15, 0.2) is 24.3 Å². The van der Waals surface area contributed by atoms with E-state index < -0.39 is 0 Å². The minimum Gasteiger partial charge on any atom is -0.494 e. The molecule has 114 valence electrons. The Morgan fingerprint density at radius 3 is 2.76 bits per heavy atom. The highest BCUT2D eigenvalue weighted by Crippen LogP contribution is 2.25. The minimum atomic E-state index is 0.265. The van der Waals surface area contributed by atoms with Gasteiger partial charge in [-0.25, -0.2) is 0 Å². The fourth-order valence-electron chi connectivity index (χ4n) is 2.62. The van der Waals surface area contributed by atoms with Crippen LogP contribution in [0, 0.1) is 11.3 Å². The standard InChI is InChI=1S/C17H24N2O2/c18-14-15-5-1-8-17(13-15)21-12-4-10-19(9-3-11-20)16-6-2-7-16/h1,5,8,13,16,20H,2-4,6-7,9-12H2. The summed E-state index contributed by atoms with van der Waals surface area (Å²) >= 11 is 0. The van der Waals surface area contributed by atoms with Gasteiger partial charge in [-0.2, -0.15) is 5.26 Å². The van der Waals surface area contributed by atoms with Gasteiger partial charge in [-0.15, -0.1) is 0 Å². The van der Waals surface area contributed by atoms with Gasteiger partial charge in [0.2, 0.25) is 0 Å². The number of nitriles is 1. The summed E-state index contributed by atoms with van der Waals surface area (Å²) in [5, 5.41) is 17.8. The first-order valence-electron chi connectivity index (χ1n) is 7.81. The third kappa shape index (κ3) is 5.04. The van der Waals surface area contributed by atoms with Crippen molar-refractivity contribution in [1.82, 2.24) is 4.90 Å². The van der Waals surface area contributed by atoms with Gasteiger partial charge in [0.1, 0.15) is 5.75 Å². The Morgan fingerprint density at radius 1 is 1.29 bits per heavy atom. The molecule has 0 atom stereocenters. The molecule has 1 aromatic carbocycles. The van der Waals surface area contributed by atoms with Crippen molar-refractivity contribution in [3.63, 3.8) is 0 Å². The average molecular weight is 288 g/mol. The van der Waals surface area contributed by atoms with Crippen LogP contribution in [0.5, 0.6) is 5.75 Å². The number of hydrogen-bond acceptors (Lipinski definition) is 4. The summed E-state index contributed by atoms with van der Waals surface area (Å²) < 4.78 is 5.71. The highest BCUT2D eigenvalue weighted by molar-refractivity contribution is 5.36. The molecule has 1 N–H and O–H groups in total. The number of aliphatic hydroxyl groups excluding tert-OH is 1. The van der Waals surface area contributed by atoms with Crippen LogP contribution in [0.4, 0.5) is 0 Å². The Balaban J connectivity index is 1.70. The molecule has 0 radical (unpaired) electrons. The van der Waals surface area contributed by atoms with Gasteiger partial charge in [-0.05, 0) is 43.9 Å². The molecule has 4 heteroatoms. The van der Waals surface area contributed by atoms with Crippen LogP contribution in [0.25, 0.3) is 0 Å². The van der Waals surface area contributed by atoms with Crippen LogP contribution in [0.2, 0.25) is 0 Å². The van der Waals surface area contributed by atoms with Gasteiger partial charge in [0.05, 0.1) is 18.2 Å². The summed E-state index contributed by atoms with van der Waals surface area (Å²) in [5.74, 6) is 0.764. The second-order valence-electron chi connectivity index (χ2n) is 5.54. The van der Waals surface area contributed by atoms with Crippen molar-refractivity contribution in [3.05, 3.63) is 29.8 Å². The topological polar surface area (TPSA) is 56.5 Å². The summed E-state index contributed by atoms with van der Waals surface area (Å²) in [7, 11) is 0. The zero-order valence-electron chi connectivity index (χ0n) is 12.5. The lowest BCUT2D eigenvalue weighted by Crippen LogP contribution is -2.41. The normalized spacial score (nSPS) is 14.7. The average Bonchev–Trinajstić information content (AvgIpc) is 2.47. The van der Waals surface area contributed by atoms with E-state index in [0.29, 0.717) is 18.2 Å². The molecule has 1 aliphatic rings. The molecule has 0 saturated heterocycles. The Bertz CT molecular complexity index is 466. The van der Waals surface area contributed by atoms with Crippen LogP contribution >= 0.6 is 0 Å². The van der Waals surface area contributed by atoms with Crippen LogP contribution < -0.4 is 4.74 Å². The van der Waals surface area contributed by atoms with E-state index in [9.17, 15) is 0 Å². The Labute approximate surface area is 127 Å². The lowest BCUT2D eigenvalue weighted by Gasteiger charge is -2.37. The second-order valence-corrected chi connectivity index (χ2v) is 5.54. The number of ether oxygens (including phenoxy) is 1. The van der Waals surface area contributed by atoms with Crippen molar-refractivity contribution in [2.24, 2.45) is 0 Å². The molecule has 0 spiro atoms. The predicted molar refractivity (Wildman–Crippen MR) is 82.2 cm³/mol. The first-order valence-corrected chi connectivity index (χ1v) is 7.81. The SMILES string of the molecule is N#Cc1cccc(OCCCN(CCCO)C2CCC2)c1. The molecular formula is C17H24N2O2. The lowest BCUT2D eigenvalue weighted by atomic mass is 9.91. The Kier molecular flexibility index (Phi) is 6.52. The van der Waals surface area contributed by atoms with Crippen molar-refractivity contribution in [2.45, 2.75) is 38.1 Å². The van der Waals surface area contributed by atoms with Crippen molar-refractivity contribution in [1.29, 1.82) is 5.26 Å². The summed E-state index contributed by atoms with van der Waals surface area (Å²) in [6.45, 7) is 2.92. The molecule has 0 amide bonds. The largest absolute Gasteiger partial charge is 0.494 e. The smallest absolute Gasteiger partial charge is 0.120 e. The quantitative estimate of drug-likeness (QED) is 0.710. The number of hydrogen-bond donors (Lipinski definition) is 1. The molecule has 0 aliphatic heterocycles. The predicted octanol–water partition coefficient (Wildman–Crippen LogP) is 2.56. The highest BCUT2D eigenvalue weighted by atomic mass is 16.5. The number of aliphatic hydroxyl groups is 1. The third-order valence-electron chi connectivity index (χ3n) is 4.02. The Hall–Kier alpha value is -1.57. The molecule has 2 rings (SSSR count). The monoisotopic (exact) mass is 288 g/mol. The maximum atomic E-state index is 8.98. The number of benzene rings is 1. The van der Waals surface area contributed by atoms with E-state index in [2.05, 4.69) is 11.0 Å². The number of rotatable bonds is 9. The molecule has 4 nitrogen and oxygen atoms in total. The zero-order valence-corrected chi connectivity index (χ0v) is 12.5. The maximum absolute atomic E-state index is 8.98. The molecule has 1 saturated carbocycles. The molecule has 21 heavy (non-hydrogen) atoms. The van der Waals surface area contributed by atoms with Gasteiger partial charge >= 0.3 is 0 Å². The third-order valence-corrected chi connectivity index (χ3v) is 4.02. The maximum Gasteiger partial charge on any atom is 0.120 e. The molecule has 0 bridgehead atoms. The second kappa shape index (κ2) is 8.66. The van der Waals surface area contributed by atoms with Crippen LogP contribution in [0.3, 0.4) is 0 Å². The highest BCUT2D eigenvalue weighted by Gasteiger charge is 2.23. The first-order chi connectivity index (χ1) is 10.3. The van der Waals surface area contributed by atoms with Gasteiger partial charge in [0, 0.05) is 25.7 Å². The van der Waals surface area contributed by atoms with Gasteiger partial charge < -0.3 is 14.7 Å². The molecular weight excluding hydrogens is 264 g/mol. The zero-order chi connectivity index (χ0) is 14.9. The number of nitrogens with zero attached hydrogens (tertiary/aromatic N) is 2. The fourth-order valence-corrected chi connectivity index (χ4v) is 2.62. The molecule has 0 unspecified atom stereocenters. The summed E-state index contributed by atoms with van der Waals surface area (Å²) in [6, 6.07) is 10.1. The minimum absolute atomic E-state index is 0.265. The molecule has 0 aromatic heterocycles. The molecule has 1 aromatic rings. The van der Waals surface area contributed by atoms with E-state index in [4.69, 9.17) is 15.1 Å². The van der Waals surface area contributed by atoms with Crippen LogP contribution in [0.1, 0.15) is 37.7 Å². The summed E-state index contributed by atoms with van der Waals surface area (Å²) in [6.07, 6.45) is 5.73. The van der Waals surface area contributed by atoms with Crippen LogP contribution in [-0.2, 0) is 0 Å². The van der Waals surface area contributed by atoms with E-state index in [-0.39, 0.29) is 6.61 Å². The lowest BCUT2D eigenvalue weighted by molar-refractivity contribution is 0.109. The van der Waals surface area contributed by atoms with E-state index in [0.717, 1.165) is 31.7 Å². The van der Waals surface area contributed by atoms with E-state index >= 15 is 0 Å². The van der Waals surface area contributed by atoms with Crippen molar-refractivity contribution < 1.29 is 9.84 Å². The summed E-state index contributed by atoms with van der Waals surface area (Å²) in [4.78, 5) is 2.48. The molecule has 0 heterocycles. The van der Waals surface area contributed by atoms with E-state index in [1.165, 1.54) is 19.3 Å². The van der Waals surface area contributed by atoms with Crippen molar-refractivity contribution in [2.75, 3.05) is 26.3 Å². The van der Waals surface area contributed by atoms with Gasteiger partial charge in [-0.1, -0.05) is 12.5 Å². The van der Waals surface area contributed by atoms with Crippen molar-refractivity contribution >= 4 is 0 Å². The Morgan fingerprint density at radius 2 is 2.10 bits per heavy atom. The first kappa shape index (κ1) is 15.8. The van der Waals surface area contributed by atoms with Gasteiger partial charge in [-0.3, -0.25) is 0 Å². The van der Waals surface area contributed by atoms with E-state index in [1.807, 2.05) is 12.1 Å². The van der Waals surface area contributed by atoms with Gasteiger partial charge in [0.25, 0.3) is 0 Å². The fraction of sp³-hybridized carbons (Fsp3) is 0.588. The summed E-state index contributed by atoms with van der Waals surface area (Å²) in [5.41, 5.74) is 0.631. The van der Waals surface area contributed by atoms with Crippen molar-refractivity contribution in [3.8, 4) is 11.8 Å². The van der Waals surface area contributed by atoms with Crippen LogP contribution in [-0.4, -0.2) is 42.4 Å².